The van der Waals surface area contributed by atoms with Gasteiger partial charge in [-0.2, -0.15) is 0 Å². The second kappa shape index (κ2) is 17.8. The molecule has 10 N–H and O–H groups in total. The highest BCUT2D eigenvalue weighted by Crippen LogP contribution is 2.76. The first-order valence-corrected chi connectivity index (χ1v) is 24.2. The molecular formula is C48H77NO17. The lowest BCUT2D eigenvalue weighted by molar-refractivity contribution is -0.352. The van der Waals surface area contributed by atoms with Crippen molar-refractivity contribution in [2.75, 3.05) is 19.8 Å². The Kier molecular flexibility index (Phi) is 13.6. The lowest BCUT2D eigenvalue weighted by Crippen LogP contribution is -2.68. The van der Waals surface area contributed by atoms with Crippen LogP contribution in [0.5, 0.6) is 0 Å². The summed E-state index contributed by atoms with van der Waals surface area (Å²) in [4.78, 5) is 25.7. The first kappa shape index (κ1) is 50.5. The number of ether oxygens (including phenoxy) is 6. The lowest BCUT2D eigenvalue weighted by Gasteiger charge is -2.71. The van der Waals surface area contributed by atoms with Gasteiger partial charge in [-0.3, -0.25) is 9.59 Å². The number of aliphatic carboxylic acids is 1. The molecule has 18 nitrogen and oxygen atoms in total. The van der Waals surface area contributed by atoms with E-state index in [0.29, 0.717) is 25.2 Å². The van der Waals surface area contributed by atoms with Crippen molar-refractivity contribution in [3.05, 3.63) is 11.6 Å². The predicted molar refractivity (Wildman–Crippen MR) is 232 cm³/mol. The minimum Gasteiger partial charge on any atom is -0.481 e. The number of rotatable bonds is 9. The summed E-state index contributed by atoms with van der Waals surface area (Å²) in [5, 5.41) is 99.5. The number of allylic oxidation sites excluding steroid dienone is 2. The molecule has 3 aliphatic heterocycles. The molecule has 5 aliphatic carbocycles. The minimum absolute atomic E-state index is 0.110. The van der Waals surface area contributed by atoms with Crippen LogP contribution in [0.4, 0.5) is 0 Å². The summed E-state index contributed by atoms with van der Waals surface area (Å²) in [6.07, 6.45) is -10.1. The van der Waals surface area contributed by atoms with Crippen molar-refractivity contribution >= 4 is 11.9 Å². The van der Waals surface area contributed by atoms with Crippen LogP contribution in [0.2, 0.25) is 0 Å². The number of aliphatic hydroxyl groups excluding tert-OH is 8. The second-order valence-corrected chi connectivity index (χ2v) is 23.4. The Morgan fingerprint density at radius 2 is 1.41 bits per heavy atom. The van der Waals surface area contributed by atoms with E-state index in [1.165, 1.54) is 12.5 Å². The number of carboxylic acid groups (broad SMARTS) is 1. The fourth-order valence-corrected chi connectivity index (χ4v) is 14.9. The molecular weight excluding hydrogens is 863 g/mol. The fourth-order valence-electron chi connectivity index (χ4n) is 14.9. The van der Waals surface area contributed by atoms with Gasteiger partial charge in [0.25, 0.3) is 0 Å². The summed E-state index contributed by atoms with van der Waals surface area (Å²) >= 11 is 0. The van der Waals surface area contributed by atoms with Crippen LogP contribution < -0.4 is 5.32 Å². The molecule has 8 rings (SSSR count). The van der Waals surface area contributed by atoms with Crippen LogP contribution in [0.25, 0.3) is 0 Å². The van der Waals surface area contributed by atoms with Crippen LogP contribution in [-0.4, -0.2) is 170 Å². The molecule has 0 aromatic heterocycles. The van der Waals surface area contributed by atoms with Crippen molar-refractivity contribution < 1.29 is 84.0 Å². The molecule has 1 amide bonds. The highest BCUT2D eigenvalue weighted by molar-refractivity contribution is 5.77. The molecule has 3 saturated heterocycles. The van der Waals surface area contributed by atoms with E-state index in [-0.39, 0.29) is 47.7 Å². The fraction of sp³-hybridized carbons (Fsp3) is 0.917. The van der Waals surface area contributed by atoms with Gasteiger partial charge in [-0.1, -0.05) is 60.1 Å². The molecule has 18 heteroatoms. The Bertz CT molecular complexity index is 1850. The average molecular weight is 940 g/mol. The van der Waals surface area contributed by atoms with Crippen molar-refractivity contribution in [1.29, 1.82) is 0 Å². The zero-order chi connectivity index (χ0) is 48.3. The molecule has 22 atom stereocenters. The van der Waals surface area contributed by atoms with Crippen LogP contribution in [0.3, 0.4) is 0 Å². The number of carbonyl (C=O) groups excluding carboxylic acids is 1. The van der Waals surface area contributed by atoms with Gasteiger partial charge >= 0.3 is 5.97 Å². The Labute approximate surface area is 387 Å². The van der Waals surface area contributed by atoms with E-state index in [9.17, 15) is 55.5 Å². The highest BCUT2D eigenvalue weighted by Gasteiger charge is 2.70. The summed E-state index contributed by atoms with van der Waals surface area (Å²) in [5.74, 6) is -0.922. The van der Waals surface area contributed by atoms with Gasteiger partial charge in [0.1, 0.15) is 61.0 Å². The lowest BCUT2D eigenvalue weighted by atomic mass is 9.33. The van der Waals surface area contributed by atoms with Gasteiger partial charge < -0.3 is 79.7 Å². The molecule has 8 aliphatic rings. The van der Waals surface area contributed by atoms with E-state index >= 15 is 0 Å². The van der Waals surface area contributed by atoms with Crippen LogP contribution in [0, 0.1) is 50.2 Å². The van der Waals surface area contributed by atoms with Gasteiger partial charge in [0, 0.05) is 6.92 Å². The molecule has 0 unspecified atom stereocenters. The molecule has 3 heterocycles. The predicted octanol–water partition coefficient (Wildman–Crippen LogP) is 1.10. The van der Waals surface area contributed by atoms with Crippen LogP contribution in [0.1, 0.15) is 113 Å². The molecule has 376 valence electrons. The van der Waals surface area contributed by atoms with E-state index in [4.69, 9.17) is 28.4 Å². The zero-order valence-electron chi connectivity index (χ0n) is 39.7. The molecule has 66 heavy (non-hydrogen) atoms. The summed E-state index contributed by atoms with van der Waals surface area (Å²) in [5.41, 5.74) is -0.991. The van der Waals surface area contributed by atoms with Crippen molar-refractivity contribution in [3.63, 3.8) is 0 Å². The maximum absolute atomic E-state index is 13.2. The standard InChI is InChI=1S/C48H77NO17/c1-22(50)49-32-36(57)35(56)27(21-63-41-38(34(55)26(52)20-62-41)66-40-37(58)33(54)25(51)19-61-40)64-39(32)65-31-12-13-45(6)28(44(31,4)5)11-14-47(8)29(45)10-9-23-24-17-43(2,3)30(53)18-48(24,42(59)60)16-15-46(23,47)7/h9,24-41,51-58H,10-21H2,1-8H3,(H,49,50)(H,59,60)/t24-,25+,26-,27+,28-,29+,30-,31-,32+,33-,34-,35+,36+,37+,38+,39-,40-,41-,45-,46+,47+,48+/m0/s1. The summed E-state index contributed by atoms with van der Waals surface area (Å²) in [6.45, 7) is 15.9. The van der Waals surface area contributed by atoms with Gasteiger partial charge in [0.2, 0.25) is 5.91 Å². The van der Waals surface area contributed by atoms with E-state index in [2.05, 4.69) is 59.9 Å². The minimum atomic E-state index is -1.71. The normalized spacial score (nSPS) is 52.1. The maximum atomic E-state index is 13.2. The Balaban J connectivity index is 0.997. The van der Waals surface area contributed by atoms with Crippen LogP contribution in [0.15, 0.2) is 11.6 Å². The summed E-state index contributed by atoms with van der Waals surface area (Å²) in [7, 11) is 0. The third-order valence-electron chi connectivity index (χ3n) is 19.2. The molecule has 0 spiro atoms. The number of amides is 1. The van der Waals surface area contributed by atoms with E-state index in [1.54, 1.807) is 0 Å². The van der Waals surface area contributed by atoms with E-state index in [0.717, 1.165) is 32.1 Å². The number of fused-ring (bicyclic) bond motifs is 7. The smallest absolute Gasteiger partial charge is 0.310 e. The zero-order valence-corrected chi connectivity index (χ0v) is 39.7. The number of nitrogens with one attached hydrogen (secondary N) is 1. The van der Waals surface area contributed by atoms with Crippen molar-refractivity contribution in [2.24, 2.45) is 50.2 Å². The van der Waals surface area contributed by atoms with Gasteiger partial charge in [0.15, 0.2) is 18.9 Å². The molecule has 7 fully saturated rings. The van der Waals surface area contributed by atoms with Crippen molar-refractivity contribution in [1.82, 2.24) is 5.32 Å². The Hall–Kier alpha value is -1.88. The first-order chi connectivity index (χ1) is 30.7. The third kappa shape index (κ3) is 8.02. The number of hydrogen-bond donors (Lipinski definition) is 10. The van der Waals surface area contributed by atoms with E-state index < -0.39 is 127 Å². The topological polar surface area (TPSA) is 284 Å². The summed E-state index contributed by atoms with van der Waals surface area (Å²) in [6, 6.07) is -1.16. The molecule has 4 saturated carbocycles. The molecule has 0 bridgehead atoms. The average Bonchev–Trinajstić information content (AvgIpc) is 3.23. The third-order valence-corrected chi connectivity index (χ3v) is 19.2. The van der Waals surface area contributed by atoms with Crippen LogP contribution >= 0.6 is 0 Å². The first-order valence-electron chi connectivity index (χ1n) is 24.2. The Morgan fingerprint density at radius 1 is 0.742 bits per heavy atom. The second-order valence-electron chi connectivity index (χ2n) is 23.4. The van der Waals surface area contributed by atoms with Gasteiger partial charge in [0.05, 0.1) is 37.4 Å². The monoisotopic (exact) mass is 940 g/mol. The number of aliphatic hydroxyl groups is 8. The maximum Gasteiger partial charge on any atom is 0.310 e. The van der Waals surface area contributed by atoms with Crippen molar-refractivity contribution in [3.8, 4) is 0 Å². The van der Waals surface area contributed by atoms with Gasteiger partial charge in [-0.15, -0.1) is 0 Å². The number of carboxylic acids is 1. The Morgan fingerprint density at radius 3 is 2.08 bits per heavy atom. The number of carbonyl (C=O) groups is 2. The van der Waals surface area contributed by atoms with Gasteiger partial charge in [-0.05, 0) is 103 Å². The molecule has 0 radical (unpaired) electrons. The van der Waals surface area contributed by atoms with Crippen LogP contribution in [-0.2, 0) is 38.0 Å². The highest BCUT2D eigenvalue weighted by atomic mass is 16.8. The molecule has 0 aromatic rings. The number of hydrogen-bond acceptors (Lipinski definition) is 16. The van der Waals surface area contributed by atoms with Crippen molar-refractivity contribution in [2.45, 2.75) is 205 Å². The molecule has 0 aromatic carbocycles. The van der Waals surface area contributed by atoms with Gasteiger partial charge in [-0.25, -0.2) is 0 Å². The van der Waals surface area contributed by atoms with E-state index in [1.807, 2.05) is 0 Å². The largest absolute Gasteiger partial charge is 0.481 e. The SMILES string of the molecule is CC(=O)N[C@H]1[C@H](O[C@H]2CC[C@]3(C)[C@H]4CC=C5[C@@H]6CC(C)(C)[C@@H](O)C[C@]6(C(=O)O)CC[C@@]5(C)[C@]4(C)CC[C@H]3C2(C)C)O[C@H](CO[C@@H]2OC[C@H](O)[C@H](O)[C@H]2O[C@@H]2OC[C@@H](O)[C@H](O)[C@H]2O)[C@@H](O)[C@@H]1O. The quantitative estimate of drug-likeness (QED) is 0.114. The summed E-state index contributed by atoms with van der Waals surface area (Å²) < 4.78 is 36.1.